The summed E-state index contributed by atoms with van der Waals surface area (Å²) >= 11 is 0. The highest BCUT2D eigenvalue weighted by molar-refractivity contribution is 5.90. The molecular weight excluding hydrogens is 186 g/mol. The quantitative estimate of drug-likeness (QED) is 0.589. The van der Waals surface area contributed by atoms with E-state index in [1.54, 1.807) is 24.3 Å². The van der Waals surface area contributed by atoms with Gasteiger partial charge in [0, 0.05) is 0 Å². The van der Waals surface area contributed by atoms with Crippen LogP contribution in [0.4, 0.5) is 0 Å². The molecule has 0 aliphatic heterocycles. The zero-order chi connectivity index (χ0) is 10.1. The van der Waals surface area contributed by atoms with Crippen molar-refractivity contribution in [3.8, 4) is 0 Å². The van der Waals surface area contributed by atoms with Crippen LogP contribution in [0.1, 0.15) is 4.79 Å². The molecule has 0 aliphatic carbocycles. The second-order valence-electron chi connectivity index (χ2n) is 2.70. The Kier molecular flexibility index (Phi) is 1.99. The Bertz CT molecular complexity index is 477. The SMILES string of the molecule is O=C(C(O)O)n1nnc2ccccc21. The molecule has 14 heavy (non-hydrogen) atoms. The van der Waals surface area contributed by atoms with Gasteiger partial charge in [0.25, 0.3) is 0 Å². The number of para-hydroxylation sites is 1. The summed E-state index contributed by atoms with van der Waals surface area (Å²) in [6.07, 6.45) is -2.07. The lowest BCUT2D eigenvalue weighted by molar-refractivity contribution is -0.0271. The van der Waals surface area contributed by atoms with Crippen molar-refractivity contribution in [3.05, 3.63) is 24.3 Å². The molecule has 6 nitrogen and oxygen atoms in total. The van der Waals surface area contributed by atoms with Crippen molar-refractivity contribution in [1.29, 1.82) is 0 Å². The fourth-order valence-corrected chi connectivity index (χ4v) is 1.14. The molecule has 0 saturated carbocycles. The average Bonchev–Trinajstić information content (AvgIpc) is 2.60. The van der Waals surface area contributed by atoms with Crippen LogP contribution in [0.2, 0.25) is 0 Å². The number of carbonyl (C=O) groups excluding carboxylic acids is 1. The molecule has 0 radical (unpaired) electrons. The summed E-state index contributed by atoms with van der Waals surface area (Å²) in [6, 6.07) is 6.76. The zero-order valence-corrected chi connectivity index (χ0v) is 7.03. The van der Waals surface area contributed by atoms with E-state index in [1.165, 1.54) is 0 Å². The van der Waals surface area contributed by atoms with E-state index in [4.69, 9.17) is 10.2 Å². The van der Waals surface area contributed by atoms with E-state index in [-0.39, 0.29) is 0 Å². The molecule has 0 aliphatic rings. The van der Waals surface area contributed by atoms with Crippen molar-refractivity contribution in [3.63, 3.8) is 0 Å². The van der Waals surface area contributed by atoms with Gasteiger partial charge >= 0.3 is 5.91 Å². The van der Waals surface area contributed by atoms with Crippen LogP contribution in [0.25, 0.3) is 11.0 Å². The van der Waals surface area contributed by atoms with Gasteiger partial charge in [-0.25, -0.2) is 0 Å². The van der Waals surface area contributed by atoms with E-state index in [0.717, 1.165) is 4.68 Å². The van der Waals surface area contributed by atoms with Gasteiger partial charge < -0.3 is 10.2 Å². The topological polar surface area (TPSA) is 88.2 Å². The summed E-state index contributed by atoms with van der Waals surface area (Å²) in [7, 11) is 0. The Balaban J connectivity index is 2.58. The van der Waals surface area contributed by atoms with Crippen molar-refractivity contribution in [2.75, 3.05) is 0 Å². The highest BCUT2D eigenvalue weighted by Gasteiger charge is 2.17. The molecule has 0 unspecified atom stereocenters. The first-order valence-electron chi connectivity index (χ1n) is 3.91. The maximum atomic E-state index is 11.2. The van der Waals surface area contributed by atoms with E-state index in [2.05, 4.69) is 10.3 Å². The molecule has 2 aromatic rings. The summed E-state index contributed by atoms with van der Waals surface area (Å²) in [5.74, 6) is -0.918. The molecule has 1 heterocycles. The largest absolute Gasteiger partial charge is 0.361 e. The summed E-state index contributed by atoms with van der Waals surface area (Å²) in [5.41, 5.74) is 0.979. The van der Waals surface area contributed by atoms with Crippen LogP contribution in [-0.4, -0.2) is 37.4 Å². The second-order valence-corrected chi connectivity index (χ2v) is 2.70. The summed E-state index contributed by atoms with van der Waals surface area (Å²) < 4.78 is 0.861. The average molecular weight is 193 g/mol. The first-order chi connectivity index (χ1) is 6.70. The van der Waals surface area contributed by atoms with Crippen LogP contribution in [-0.2, 0) is 0 Å². The Labute approximate surface area is 78.4 Å². The number of aliphatic hydroxyl groups is 2. The monoisotopic (exact) mass is 193 g/mol. The van der Waals surface area contributed by atoms with Crippen molar-refractivity contribution in [2.24, 2.45) is 0 Å². The standard InChI is InChI=1S/C8H7N3O3/c12-7(8(13)14)11-6-4-2-1-3-5(6)9-10-11/h1-4,8,13-14H. The Hall–Kier alpha value is -1.79. The summed E-state index contributed by atoms with van der Waals surface area (Å²) in [4.78, 5) is 11.2. The minimum absolute atomic E-state index is 0.450. The molecule has 2 rings (SSSR count). The first kappa shape index (κ1) is 8.79. The summed E-state index contributed by atoms with van der Waals surface area (Å²) in [6.45, 7) is 0. The van der Waals surface area contributed by atoms with E-state index < -0.39 is 12.2 Å². The number of benzene rings is 1. The van der Waals surface area contributed by atoms with Gasteiger partial charge in [0.2, 0.25) is 6.29 Å². The van der Waals surface area contributed by atoms with E-state index in [1.807, 2.05) is 0 Å². The van der Waals surface area contributed by atoms with Crippen LogP contribution >= 0.6 is 0 Å². The van der Waals surface area contributed by atoms with Crippen molar-refractivity contribution < 1.29 is 15.0 Å². The van der Waals surface area contributed by atoms with Gasteiger partial charge in [-0.05, 0) is 12.1 Å². The molecule has 2 N–H and O–H groups in total. The van der Waals surface area contributed by atoms with Gasteiger partial charge in [-0.2, -0.15) is 4.68 Å². The third kappa shape index (κ3) is 1.26. The van der Waals surface area contributed by atoms with E-state index in [0.29, 0.717) is 11.0 Å². The number of fused-ring (bicyclic) bond motifs is 1. The lowest BCUT2D eigenvalue weighted by atomic mass is 10.3. The Morgan fingerprint density at radius 1 is 1.36 bits per heavy atom. The fourth-order valence-electron chi connectivity index (χ4n) is 1.14. The van der Waals surface area contributed by atoms with Crippen LogP contribution in [0.5, 0.6) is 0 Å². The molecule has 1 aromatic heterocycles. The molecule has 0 saturated heterocycles. The Morgan fingerprint density at radius 2 is 2.07 bits per heavy atom. The van der Waals surface area contributed by atoms with Crippen molar-refractivity contribution >= 4 is 16.9 Å². The Morgan fingerprint density at radius 3 is 2.79 bits per heavy atom. The number of carbonyl (C=O) groups is 1. The number of aliphatic hydroxyl groups excluding tert-OH is 1. The predicted molar refractivity (Wildman–Crippen MR) is 46.4 cm³/mol. The molecule has 0 amide bonds. The minimum Gasteiger partial charge on any atom is -0.361 e. The fraction of sp³-hybridized carbons (Fsp3) is 0.125. The lowest BCUT2D eigenvalue weighted by Crippen LogP contribution is -2.26. The minimum atomic E-state index is -2.07. The van der Waals surface area contributed by atoms with Gasteiger partial charge in [-0.1, -0.05) is 17.3 Å². The molecule has 0 spiro atoms. The smallest absolute Gasteiger partial charge is 0.305 e. The number of rotatable bonds is 1. The van der Waals surface area contributed by atoms with Crippen molar-refractivity contribution in [1.82, 2.24) is 15.0 Å². The van der Waals surface area contributed by atoms with Gasteiger partial charge in [-0.3, -0.25) is 4.79 Å². The highest BCUT2D eigenvalue weighted by Crippen LogP contribution is 2.09. The van der Waals surface area contributed by atoms with Gasteiger partial charge in [-0.15, -0.1) is 5.10 Å². The van der Waals surface area contributed by atoms with E-state index >= 15 is 0 Å². The van der Waals surface area contributed by atoms with Crippen LogP contribution < -0.4 is 0 Å². The van der Waals surface area contributed by atoms with Gasteiger partial charge in [0.15, 0.2) is 0 Å². The molecule has 1 aromatic carbocycles. The number of hydrogen-bond donors (Lipinski definition) is 2. The first-order valence-corrected chi connectivity index (χ1v) is 3.91. The van der Waals surface area contributed by atoms with E-state index in [9.17, 15) is 4.79 Å². The van der Waals surface area contributed by atoms with Crippen LogP contribution in [0.3, 0.4) is 0 Å². The van der Waals surface area contributed by atoms with Crippen LogP contribution in [0, 0.1) is 0 Å². The normalized spacial score (nSPS) is 11.1. The third-order valence-electron chi connectivity index (χ3n) is 1.78. The second kappa shape index (κ2) is 3.17. The molecule has 0 atom stereocenters. The maximum absolute atomic E-state index is 11.2. The molecule has 0 fully saturated rings. The third-order valence-corrected chi connectivity index (χ3v) is 1.78. The molecule has 72 valence electrons. The number of hydrogen-bond acceptors (Lipinski definition) is 5. The van der Waals surface area contributed by atoms with Gasteiger partial charge in [0.1, 0.15) is 5.52 Å². The molecular formula is C8H7N3O3. The lowest BCUT2D eigenvalue weighted by Gasteiger charge is -2.01. The molecule has 0 bridgehead atoms. The predicted octanol–water partition coefficient (Wildman–Crippen LogP) is -0.618. The number of aromatic nitrogens is 3. The highest BCUT2D eigenvalue weighted by atomic mass is 16.5. The van der Waals surface area contributed by atoms with Crippen LogP contribution in [0.15, 0.2) is 24.3 Å². The molecule has 6 heteroatoms. The number of nitrogens with zero attached hydrogens (tertiary/aromatic N) is 3. The summed E-state index contributed by atoms with van der Waals surface area (Å²) in [5, 5.41) is 24.5. The van der Waals surface area contributed by atoms with Gasteiger partial charge in [0.05, 0.1) is 5.52 Å². The zero-order valence-electron chi connectivity index (χ0n) is 7.03. The maximum Gasteiger partial charge on any atom is 0.305 e. The van der Waals surface area contributed by atoms with Crippen molar-refractivity contribution in [2.45, 2.75) is 6.29 Å².